The molecule has 0 saturated carbocycles. The number of ketones is 1. The van der Waals surface area contributed by atoms with Gasteiger partial charge in [0.2, 0.25) is 11.8 Å². The van der Waals surface area contributed by atoms with Crippen LogP contribution in [0.5, 0.6) is 0 Å². The summed E-state index contributed by atoms with van der Waals surface area (Å²) in [6, 6.07) is 5.68. The van der Waals surface area contributed by atoms with Crippen molar-refractivity contribution in [3.63, 3.8) is 0 Å². The predicted octanol–water partition coefficient (Wildman–Crippen LogP) is 2.63. The van der Waals surface area contributed by atoms with Crippen molar-refractivity contribution in [2.75, 3.05) is 13.2 Å². The van der Waals surface area contributed by atoms with E-state index in [0.717, 1.165) is 19.3 Å². The van der Waals surface area contributed by atoms with Gasteiger partial charge in [-0.2, -0.15) is 0 Å². The molecule has 6 nitrogen and oxygen atoms in total. The summed E-state index contributed by atoms with van der Waals surface area (Å²) in [5, 5.41) is 0. The Morgan fingerprint density at radius 1 is 0.966 bits per heavy atom. The van der Waals surface area contributed by atoms with Crippen LogP contribution in [0.25, 0.3) is 0 Å². The average Bonchev–Trinajstić information content (AvgIpc) is 3.00. The molecule has 1 aliphatic heterocycles. The number of imide groups is 1. The number of likely N-dealkylation sites (tertiary alicyclic amines) is 1. The molecule has 2 atom stereocenters. The minimum absolute atomic E-state index is 0.0105. The standard InChI is InChI=1S/C23H25NO5/c25-20(17-10-9-15-5-1-2-6-16(15)13-17)14-29-21(26)11-12-24-22(27)18-7-3-4-8-19(18)23(24)28/h3-4,9-10,13,18-19H,1-2,5-8,11-12,14H2/t18-,19+. The van der Waals surface area contributed by atoms with Gasteiger partial charge >= 0.3 is 5.97 Å². The number of carbonyl (C=O) groups excluding carboxylic acids is 4. The maximum absolute atomic E-state index is 12.4. The number of allylic oxidation sites excluding steroid dienone is 2. The summed E-state index contributed by atoms with van der Waals surface area (Å²) in [7, 11) is 0. The van der Waals surface area contributed by atoms with Crippen LogP contribution in [0.4, 0.5) is 0 Å². The van der Waals surface area contributed by atoms with E-state index in [-0.39, 0.29) is 49.0 Å². The van der Waals surface area contributed by atoms with Crippen molar-refractivity contribution in [3.8, 4) is 0 Å². The van der Waals surface area contributed by atoms with Gasteiger partial charge < -0.3 is 4.74 Å². The van der Waals surface area contributed by atoms with Gasteiger partial charge in [0.25, 0.3) is 0 Å². The van der Waals surface area contributed by atoms with Gasteiger partial charge in [0.1, 0.15) is 0 Å². The Kier molecular flexibility index (Phi) is 5.60. The second kappa shape index (κ2) is 8.31. The molecular weight excluding hydrogens is 370 g/mol. The van der Waals surface area contributed by atoms with Gasteiger partial charge in [-0.1, -0.05) is 24.3 Å². The third-order valence-electron chi connectivity index (χ3n) is 6.17. The fourth-order valence-electron chi connectivity index (χ4n) is 4.50. The number of ether oxygens (including phenoxy) is 1. The van der Waals surface area contributed by atoms with E-state index in [1.54, 1.807) is 6.07 Å². The van der Waals surface area contributed by atoms with Crippen LogP contribution < -0.4 is 0 Å². The molecule has 29 heavy (non-hydrogen) atoms. The highest BCUT2D eigenvalue weighted by molar-refractivity contribution is 6.05. The Bertz CT molecular complexity index is 861. The maximum atomic E-state index is 12.4. The van der Waals surface area contributed by atoms with E-state index < -0.39 is 5.97 Å². The molecular formula is C23H25NO5. The predicted molar refractivity (Wildman–Crippen MR) is 105 cm³/mol. The van der Waals surface area contributed by atoms with Crippen LogP contribution in [-0.4, -0.2) is 41.6 Å². The normalized spacial score (nSPS) is 23.0. The van der Waals surface area contributed by atoms with Crippen molar-refractivity contribution in [1.29, 1.82) is 0 Å². The molecule has 4 rings (SSSR count). The number of hydrogen-bond acceptors (Lipinski definition) is 5. The van der Waals surface area contributed by atoms with Gasteiger partial charge in [0, 0.05) is 12.1 Å². The van der Waals surface area contributed by atoms with E-state index in [1.165, 1.54) is 22.4 Å². The van der Waals surface area contributed by atoms with E-state index in [4.69, 9.17) is 4.74 Å². The molecule has 1 heterocycles. The minimum Gasteiger partial charge on any atom is -0.457 e. The van der Waals surface area contributed by atoms with Gasteiger partial charge in [-0.25, -0.2) is 0 Å². The van der Waals surface area contributed by atoms with Crippen LogP contribution in [0.15, 0.2) is 30.4 Å². The highest BCUT2D eigenvalue weighted by Crippen LogP contribution is 2.35. The van der Waals surface area contributed by atoms with Gasteiger partial charge in [-0.15, -0.1) is 0 Å². The van der Waals surface area contributed by atoms with Gasteiger partial charge in [-0.3, -0.25) is 24.1 Å². The van der Waals surface area contributed by atoms with E-state index in [2.05, 4.69) is 0 Å². The lowest BCUT2D eigenvalue weighted by atomic mass is 9.85. The van der Waals surface area contributed by atoms with E-state index in [0.29, 0.717) is 18.4 Å². The Morgan fingerprint density at radius 2 is 1.62 bits per heavy atom. The maximum Gasteiger partial charge on any atom is 0.308 e. The van der Waals surface area contributed by atoms with Crippen molar-refractivity contribution in [1.82, 2.24) is 4.90 Å². The number of rotatable bonds is 6. The smallest absolute Gasteiger partial charge is 0.308 e. The first-order valence-corrected chi connectivity index (χ1v) is 10.4. The number of amides is 2. The summed E-state index contributed by atoms with van der Waals surface area (Å²) < 4.78 is 5.10. The summed E-state index contributed by atoms with van der Waals surface area (Å²) in [6.45, 7) is -0.314. The molecule has 0 spiro atoms. The quantitative estimate of drug-likeness (QED) is 0.320. The number of benzene rings is 1. The average molecular weight is 395 g/mol. The summed E-state index contributed by atoms with van der Waals surface area (Å²) in [5.74, 6) is -1.82. The van der Waals surface area contributed by atoms with Crippen molar-refractivity contribution < 1.29 is 23.9 Å². The first-order chi connectivity index (χ1) is 14.0. The lowest BCUT2D eigenvalue weighted by Crippen LogP contribution is -2.33. The highest BCUT2D eigenvalue weighted by Gasteiger charge is 2.46. The van der Waals surface area contributed by atoms with Crippen molar-refractivity contribution in [2.45, 2.75) is 44.9 Å². The fraction of sp³-hybridized carbons (Fsp3) is 0.478. The molecule has 1 saturated heterocycles. The molecule has 2 amide bonds. The lowest BCUT2D eigenvalue weighted by molar-refractivity contribution is -0.145. The first-order valence-electron chi connectivity index (χ1n) is 10.4. The van der Waals surface area contributed by atoms with Crippen LogP contribution in [0.1, 0.15) is 53.6 Å². The molecule has 0 N–H and O–H groups in total. The molecule has 0 aromatic heterocycles. The number of nitrogens with zero attached hydrogens (tertiary/aromatic N) is 1. The number of Topliss-reactive ketones (excluding diaryl/α,β-unsaturated/α-hetero) is 1. The fourth-order valence-corrected chi connectivity index (χ4v) is 4.50. The van der Waals surface area contributed by atoms with Gasteiger partial charge in [-0.05, 0) is 55.7 Å². The van der Waals surface area contributed by atoms with Crippen LogP contribution >= 0.6 is 0 Å². The number of aryl methyl sites for hydroxylation is 2. The zero-order valence-corrected chi connectivity index (χ0v) is 16.4. The minimum atomic E-state index is -0.579. The van der Waals surface area contributed by atoms with Crippen molar-refractivity contribution >= 4 is 23.6 Å². The zero-order valence-electron chi connectivity index (χ0n) is 16.4. The van der Waals surface area contributed by atoms with E-state index in [9.17, 15) is 19.2 Å². The van der Waals surface area contributed by atoms with Crippen LogP contribution in [0, 0.1) is 11.8 Å². The highest BCUT2D eigenvalue weighted by atomic mass is 16.5. The summed E-state index contributed by atoms with van der Waals surface area (Å²) in [6.07, 6.45) is 9.24. The van der Waals surface area contributed by atoms with E-state index in [1.807, 2.05) is 24.3 Å². The SMILES string of the molecule is O=C(CCN1C(=O)[C@H]2CC=CC[C@H]2C1=O)OCC(=O)c1ccc2c(c1)CCCC2. The first kappa shape index (κ1) is 19.6. The van der Waals surface area contributed by atoms with E-state index >= 15 is 0 Å². The van der Waals surface area contributed by atoms with Crippen molar-refractivity contribution in [3.05, 3.63) is 47.0 Å². The number of carbonyl (C=O) groups is 4. The Hall–Kier alpha value is -2.76. The Morgan fingerprint density at radius 3 is 2.31 bits per heavy atom. The second-order valence-electron chi connectivity index (χ2n) is 8.01. The number of fused-ring (bicyclic) bond motifs is 2. The topological polar surface area (TPSA) is 80.8 Å². The summed E-state index contributed by atoms with van der Waals surface area (Å²) >= 11 is 0. The largest absolute Gasteiger partial charge is 0.457 e. The number of hydrogen-bond donors (Lipinski definition) is 0. The third-order valence-corrected chi connectivity index (χ3v) is 6.17. The molecule has 1 aromatic rings. The Balaban J connectivity index is 1.27. The molecule has 3 aliphatic rings. The molecule has 0 bridgehead atoms. The molecule has 2 aliphatic carbocycles. The Labute approximate surface area is 169 Å². The molecule has 1 aromatic carbocycles. The lowest BCUT2D eigenvalue weighted by Gasteiger charge is -2.16. The molecule has 1 fully saturated rings. The molecule has 0 unspecified atom stereocenters. The molecule has 0 radical (unpaired) electrons. The summed E-state index contributed by atoms with van der Waals surface area (Å²) in [5.41, 5.74) is 3.05. The van der Waals surface area contributed by atoms with Crippen LogP contribution in [0.3, 0.4) is 0 Å². The number of esters is 1. The molecule has 6 heteroatoms. The second-order valence-corrected chi connectivity index (χ2v) is 8.01. The molecule has 152 valence electrons. The van der Waals surface area contributed by atoms with Crippen LogP contribution in [-0.2, 0) is 32.0 Å². The van der Waals surface area contributed by atoms with Crippen LogP contribution in [0.2, 0.25) is 0 Å². The monoisotopic (exact) mass is 395 g/mol. The van der Waals surface area contributed by atoms with Gasteiger partial charge in [0.15, 0.2) is 12.4 Å². The van der Waals surface area contributed by atoms with Crippen molar-refractivity contribution in [2.24, 2.45) is 11.8 Å². The summed E-state index contributed by atoms with van der Waals surface area (Å²) in [4.78, 5) is 50.4. The third kappa shape index (κ3) is 4.02. The van der Waals surface area contributed by atoms with Gasteiger partial charge in [0.05, 0.1) is 18.3 Å². The zero-order chi connectivity index (χ0) is 20.4.